The van der Waals surface area contributed by atoms with Crippen LogP contribution in [0.1, 0.15) is 43.7 Å². The zero-order chi connectivity index (χ0) is 19.1. The molecule has 26 heavy (non-hydrogen) atoms. The maximum Gasteiger partial charge on any atom is 0.309 e. The zero-order valence-corrected chi connectivity index (χ0v) is 16.5. The number of benzene rings is 1. The van der Waals surface area contributed by atoms with Crippen LogP contribution in [-0.4, -0.2) is 23.2 Å². The third kappa shape index (κ3) is 3.48. The van der Waals surface area contributed by atoms with E-state index in [1.165, 1.54) is 18.4 Å². The van der Waals surface area contributed by atoms with Crippen LogP contribution in [-0.2, 0) is 15.1 Å². The molecule has 6 heteroatoms. The van der Waals surface area contributed by atoms with Gasteiger partial charge in [-0.25, -0.2) is 4.98 Å². The fraction of sp³-hybridized carbons (Fsp3) is 0.500. The van der Waals surface area contributed by atoms with Crippen molar-refractivity contribution in [2.45, 2.75) is 45.6 Å². The van der Waals surface area contributed by atoms with Gasteiger partial charge in [0.05, 0.1) is 17.9 Å². The van der Waals surface area contributed by atoms with Gasteiger partial charge in [0.1, 0.15) is 10.6 Å². The number of hydrogen-bond acceptors (Lipinski definition) is 6. The first kappa shape index (κ1) is 18.9. The average Bonchev–Trinajstić information content (AvgIpc) is 3.03. The molecule has 1 saturated carbocycles. The number of carbonyl (C=O) groups excluding carboxylic acids is 1. The van der Waals surface area contributed by atoms with Gasteiger partial charge >= 0.3 is 5.97 Å². The molecule has 1 heterocycles. The normalized spacial score (nSPS) is 25.0. The molecule has 1 aromatic heterocycles. The first-order chi connectivity index (χ1) is 12.1. The molecule has 0 radical (unpaired) electrons. The van der Waals surface area contributed by atoms with Crippen molar-refractivity contribution in [2.24, 2.45) is 11.3 Å². The third-order valence-corrected chi connectivity index (χ3v) is 6.55. The van der Waals surface area contributed by atoms with Crippen LogP contribution < -0.4 is 5.73 Å². The number of aryl methyl sites for hydroxylation is 1. The van der Waals surface area contributed by atoms with E-state index in [1.807, 2.05) is 32.9 Å². The van der Waals surface area contributed by atoms with Crippen molar-refractivity contribution in [1.82, 2.24) is 4.98 Å². The largest absolute Gasteiger partial charge is 0.469 e. The lowest BCUT2D eigenvalue weighted by molar-refractivity contribution is -0.157. The number of methoxy groups -OCH3 is 1. The molecule has 1 aliphatic rings. The molecule has 3 rings (SSSR count). The SMILES string of the molecule is COC(=O)[C@@H]1CC[C@](O)(c2ncc(-c3cc(C)cc(N)c3)s2)CC1(C)C. The molecule has 5 nitrogen and oxygen atoms in total. The van der Waals surface area contributed by atoms with Gasteiger partial charge in [0, 0.05) is 11.9 Å². The van der Waals surface area contributed by atoms with Gasteiger partial charge in [-0.3, -0.25) is 4.79 Å². The Hall–Kier alpha value is -1.92. The minimum absolute atomic E-state index is 0.202. The van der Waals surface area contributed by atoms with E-state index in [4.69, 9.17) is 10.5 Å². The van der Waals surface area contributed by atoms with Crippen LogP contribution in [0.4, 0.5) is 5.69 Å². The number of rotatable bonds is 3. The number of nitrogens with zero attached hydrogens (tertiary/aromatic N) is 1. The summed E-state index contributed by atoms with van der Waals surface area (Å²) in [6.45, 7) is 6.02. The van der Waals surface area contributed by atoms with Crippen molar-refractivity contribution in [2.75, 3.05) is 12.8 Å². The predicted octanol–water partition coefficient (Wildman–Crippen LogP) is 3.89. The summed E-state index contributed by atoms with van der Waals surface area (Å²) in [4.78, 5) is 17.6. The van der Waals surface area contributed by atoms with E-state index in [1.54, 1.807) is 6.20 Å². The molecule has 140 valence electrons. The topological polar surface area (TPSA) is 85.4 Å². The van der Waals surface area contributed by atoms with E-state index >= 15 is 0 Å². The summed E-state index contributed by atoms with van der Waals surface area (Å²) >= 11 is 1.49. The Bertz CT molecular complexity index is 810. The number of carbonyl (C=O) groups is 1. The lowest BCUT2D eigenvalue weighted by Gasteiger charge is -2.44. The van der Waals surface area contributed by atoms with Crippen LogP contribution in [0, 0.1) is 18.3 Å². The van der Waals surface area contributed by atoms with Crippen LogP contribution in [0.3, 0.4) is 0 Å². The Morgan fingerprint density at radius 3 is 2.73 bits per heavy atom. The number of anilines is 1. The van der Waals surface area contributed by atoms with Crippen molar-refractivity contribution in [1.29, 1.82) is 0 Å². The van der Waals surface area contributed by atoms with Gasteiger partial charge in [-0.1, -0.05) is 19.9 Å². The summed E-state index contributed by atoms with van der Waals surface area (Å²) in [7, 11) is 1.42. The van der Waals surface area contributed by atoms with Gasteiger partial charge < -0.3 is 15.6 Å². The molecular weight excluding hydrogens is 348 g/mol. The molecule has 0 aliphatic heterocycles. The summed E-state index contributed by atoms with van der Waals surface area (Å²) in [6, 6.07) is 5.91. The van der Waals surface area contributed by atoms with Gasteiger partial charge in [0.15, 0.2) is 0 Å². The summed E-state index contributed by atoms with van der Waals surface area (Å²) in [5.41, 5.74) is 7.39. The summed E-state index contributed by atoms with van der Waals surface area (Å²) < 4.78 is 4.94. The lowest BCUT2D eigenvalue weighted by atomic mass is 9.63. The van der Waals surface area contributed by atoms with Crippen molar-refractivity contribution in [3.05, 3.63) is 35.0 Å². The second kappa shape index (κ2) is 6.67. The molecule has 3 N–H and O–H groups in total. The van der Waals surface area contributed by atoms with Crippen molar-refractivity contribution in [3.8, 4) is 10.4 Å². The maximum absolute atomic E-state index is 12.1. The fourth-order valence-corrected chi connectivity index (χ4v) is 5.10. The predicted molar refractivity (Wildman–Crippen MR) is 104 cm³/mol. The van der Waals surface area contributed by atoms with E-state index in [0.29, 0.717) is 30.0 Å². The molecule has 0 spiro atoms. The monoisotopic (exact) mass is 374 g/mol. The van der Waals surface area contributed by atoms with Crippen LogP contribution in [0.2, 0.25) is 0 Å². The van der Waals surface area contributed by atoms with Gasteiger partial charge in [0.25, 0.3) is 0 Å². The molecule has 1 aromatic carbocycles. The number of esters is 1. The smallest absolute Gasteiger partial charge is 0.309 e. The van der Waals surface area contributed by atoms with Gasteiger partial charge in [0.2, 0.25) is 0 Å². The van der Waals surface area contributed by atoms with Crippen molar-refractivity contribution in [3.63, 3.8) is 0 Å². The number of aliphatic hydroxyl groups is 1. The minimum atomic E-state index is -1.02. The zero-order valence-electron chi connectivity index (χ0n) is 15.7. The molecule has 1 aliphatic carbocycles. The summed E-state index contributed by atoms with van der Waals surface area (Å²) in [6.07, 6.45) is 3.36. The second-order valence-electron chi connectivity index (χ2n) is 7.97. The van der Waals surface area contributed by atoms with Crippen LogP contribution in [0.15, 0.2) is 24.4 Å². The molecular formula is C20H26N2O3S. The van der Waals surface area contributed by atoms with E-state index in [9.17, 15) is 9.90 Å². The van der Waals surface area contributed by atoms with E-state index in [2.05, 4.69) is 11.1 Å². The summed E-state index contributed by atoms with van der Waals surface area (Å²) in [5.74, 6) is -0.407. The number of thiazole rings is 1. The number of ether oxygens (including phenoxy) is 1. The van der Waals surface area contributed by atoms with Gasteiger partial charge in [-0.2, -0.15) is 0 Å². The quantitative estimate of drug-likeness (QED) is 0.629. The van der Waals surface area contributed by atoms with Crippen LogP contribution in [0.5, 0.6) is 0 Å². The van der Waals surface area contributed by atoms with Gasteiger partial charge in [-0.05, 0) is 54.9 Å². The maximum atomic E-state index is 12.1. The lowest BCUT2D eigenvalue weighted by Crippen LogP contribution is -2.45. The number of nitrogen functional groups attached to an aromatic ring is 1. The van der Waals surface area contributed by atoms with Crippen LogP contribution >= 0.6 is 11.3 Å². The van der Waals surface area contributed by atoms with Crippen LogP contribution in [0.25, 0.3) is 10.4 Å². The molecule has 1 fully saturated rings. The van der Waals surface area contributed by atoms with Crippen molar-refractivity contribution < 1.29 is 14.6 Å². The molecule has 0 unspecified atom stereocenters. The highest BCUT2D eigenvalue weighted by Crippen LogP contribution is 2.51. The highest BCUT2D eigenvalue weighted by molar-refractivity contribution is 7.15. The first-order valence-electron chi connectivity index (χ1n) is 8.79. The highest BCUT2D eigenvalue weighted by atomic mass is 32.1. The van der Waals surface area contributed by atoms with Crippen molar-refractivity contribution >= 4 is 23.0 Å². The standard InChI is InChI=1S/C20H26N2O3S/c1-12-7-13(9-14(21)8-12)16-10-22-18(26-16)20(24)6-5-15(17(23)25-4)19(2,3)11-20/h7-10,15,24H,5-6,11,21H2,1-4H3/t15-,20+/m0/s1. The summed E-state index contributed by atoms with van der Waals surface area (Å²) in [5, 5.41) is 12.0. The molecule has 0 bridgehead atoms. The Morgan fingerprint density at radius 1 is 1.38 bits per heavy atom. The van der Waals surface area contributed by atoms with E-state index in [0.717, 1.165) is 16.0 Å². The molecule has 0 saturated heterocycles. The Kier molecular flexibility index (Phi) is 4.84. The highest BCUT2D eigenvalue weighted by Gasteiger charge is 2.49. The van der Waals surface area contributed by atoms with Gasteiger partial charge in [-0.15, -0.1) is 11.3 Å². The first-order valence-corrected chi connectivity index (χ1v) is 9.60. The third-order valence-electron chi connectivity index (χ3n) is 5.31. The fourth-order valence-electron chi connectivity index (χ4n) is 4.08. The molecule has 2 aromatic rings. The van der Waals surface area contributed by atoms with E-state index < -0.39 is 5.60 Å². The Morgan fingerprint density at radius 2 is 2.12 bits per heavy atom. The molecule has 0 amide bonds. The second-order valence-corrected chi connectivity index (χ2v) is 9.00. The minimum Gasteiger partial charge on any atom is -0.469 e. The Balaban J connectivity index is 1.88. The number of hydrogen-bond donors (Lipinski definition) is 2. The molecule has 2 atom stereocenters. The Labute approximate surface area is 158 Å². The number of aromatic nitrogens is 1. The average molecular weight is 375 g/mol. The number of nitrogens with two attached hydrogens (primary N) is 1. The van der Waals surface area contributed by atoms with E-state index in [-0.39, 0.29) is 17.3 Å².